The Morgan fingerprint density at radius 1 is 1.04 bits per heavy atom. The molecule has 1 N–H and O–H groups in total. The van der Waals surface area contributed by atoms with Gasteiger partial charge in [-0.05, 0) is 54.8 Å². The summed E-state index contributed by atoms with van der Waals surface area (Å²) in [4.78, 5) is 12.4. The van der Waals surface area contributed by atoms with E-state index in [0.29, 0.717) is 35.4 Å². The molecule has 1 amide bonds. The molecular formula is C19H19Cl2NO2. The van der Waals surface area contributed by atoms with E-state index in [1.807, 2.05) is 18.2 Å². The van der Waals surface area contributed by atoms with E-state index in [2.05, 4.69) is 11.4 Å². The highest BCUT2D eigenvalue weighted by atomic mass is 35.5. The SMILES string of the molecule is O=C(NCC1(c2cccc(Cl)c2)CCOCC1)c1ccc(Cl)cc1. The van der Waals surface area contributed by atoms with Gasteiger partial charge in [0, 0.05) is 40.8 Å². The van der Waals surface area contributed by atoms with Crippen LogP contribution in [0.25, 0.3) is 0 Å². The number of carbonyl (C=O) groups is 1. The summed E-state index contributed by atoms with van der Waals surface area (Å²) in [6.07, 6.45) is 1.71. The first-order valence-electron chi connectivity index (χ1n) is 7.97. The second-order valence-electron chi connectivity index (χ2n) is 6.09. The van der Waals surface area contributed by atoms with Crippen LogP contribution in [0.4, 0.5) is 0 Å². The Morgan fingerprint density at radius 3 is 2.42 bits per heavy atom. The molecule has 1 aliphatic rings. The Morgan fingerprint density at radius 2 is 1.75 bits per heavy atom. The number of ether oxygens (including phenoxy) is 1. The fraction of sp³-hybridized carbons (Fsp3) is 0.316. The molecule has 1 aliphatic heterocycles. The molecule has 0 aliphatic carbocycles. The van der Waals surface area contributed by atoms with Crippen molar-refractivity contribution in [2.45, 2.75) is 18.3 Å². The first kappa shape index (κ1) is 17.3. The third kappa shape index (κ3) is 3.92. The van der Waals surface area contributed by atoms with Gasteiger partial charge in [-0.25, -0.2) is 0 Å². The summed E-state index contributed by atoms with van der Waals surface area (Å²) in [6.45, 7) is 1.92. The van der Waals surface area contributed by atoms with Crippen LogP contribution in [0.15, 0.2) is 48.5 Å². The second kappa shape index (κ2) is 7.56. The van der Waals surface area contributed by atoms with Crippen LogP contribution in [0.3, 0.4) is 0 Å². The number of hydrogen-bond donors (Lipinski definition) is 1. The standard InChI is InChI=1S/C19H19Cl2NO2/c20-16-6-4-14(5-7-16)18(23)22-13-19(8-10-24-11-9-19)15-2-1-3-17(21)12-15/h1-7,12H,8-11,13H2,(H,22,23). The van der Waals surface area contributed by atoms with Gasteiger partial charge in [0.1, 0.15) is 0 Å². The van der Waals surface area contributed by atoms with Gasteiger partial charge in [-0.15, -0.1) is 0 Å². The van der Waals surface area contributed by atoms with E-state index in [1.165, 1.54) is 0 Å². The fourth-order valence-electron chi connectivity index (χ4n) is 3.10. The minimum atomic E-state index is -0.148. The molecule has 1 saturated heterocycles. The summed E-state index contributed by atoms with van der Waals surface area (Å²) >= 11 is 12.0. The first-order valence-corrected chi connectivity index (χ1v) is 8.72. The molecule has 1 heterocycles. The van der Waals surface area contributed by atoms with Gasteiger partial charge < -0.3 is 10.1 Å². The zero-order chi connectivity index (χ0) is 17.0. The molecule has 2 aromatic carbocycles. The van der Waals surface area contributed by atoms with Crippen LogP contribution in [0.5, 0.6) is 0 Å². The molecule has 3 rings (SSSR count). The van der Waals surface area contributed by atoms with E-state index in [1.54, 1.807) is 24.3 Å². The summed E-state index contributed by atoms with van der Waals surface area (Å²) in [7, 11) is 0. The van der Waals surface area contributed by atoms with E-state index in [-0.39, 0.29) is 11.3 Å². The molecule has 0 bridgehead atoms. The van der Waals surface area contributed by atoms with E-state index >= 15 is 0 Å². The Balaban J connectivity index is 1.77. The van der Waals surface area contributed by atoms with Crippen molar-refractivity contribution in [2.24, 2.45) is 0 Å². The van der Waals surface area contributed by atoms with E-state index in [0.717, 1.165) is 18.4 Å². The zero-order valence-corrected chi connectivity index (χ0v) is 14.7. The number of benzene rings is 2. The monoisotopic (exact) mass is 363 g/mol. The Bertz CT molecular complexity index is 710. The summed E-state index contributed by atoms with van der Waals surface area (Å²) in [6, 6.07) is 14.8. The van der Waals surface area contributed by atoms with Gasteiger partial charge in [-0.2, -0.15) is 0 Å². The van der Waals surface area contributed by atoms with Gasteiger partial charge in [0.2, 0.25) is 0 Å². The zero-order valence-electron chi connectivity index (χ0n) is 13.2. The van der Waals surface area contributed by atoms with E-state index in [4.69, 9.17) is 27.9 Å². The van der Waals surface area contributed by atoms with Crippen LogP contribution in [-0.2, 0) is 10.2 Å². The maximum atomic E-state index is 12.4. The Labute approximate surface area is 151 Å². The van der Waals surface area contributed by atoms with Crippen molar-refractivity contribution in [3.63, 3.8) is 0 Å². The average Bonchev–Trinajstić information content (AvgIpc) is 2.61. The lowest BCUT2D eigenvalue weighted by atomic mass is 9.74. The topological polar surface area (TPSA) is 38.3 Å². The van der Waals surface area contributed by atoms with Gasteiger partial charge in [-0.1, -0.05) is 35.3 Å². The van der Waals surface area contributed by atoms with Crippen molar-refractivity contribution in [3.05, 3.63) is 69.7 Å². The van der Waals surface area contributed by atoms with Crippen molar-refractivity contribution < 1.29 is 9.53 Å². The lowest BCUT2D eigenvalue weighted by molar-refractivity contribution is 0.0487. The highest BCUT2D eigenvalue weighted by Gasteiger charge is 2.35. The third-order valence-corrected chi connectivity index (χ3v) is 5.07. The van der Waals surface area contributed by atoms with Crippen LogP contribution >= 0.6 is 23.2 Å². The summed E-state index contributed by atoms with van der Waals surface area (Å²) in [5.41, 5.74) is 1.60. The third-order valence-electron chi connectivity index (χ3n) is 4.58. The van der Waals surface area contributed by atoms with Gasteiger partial charge in [0.05, 0.1) is 0 Å². The van der Waals surface area contributed by atoms with Crippen molar-refractivity contribution >= 4 is 29.1 Å². The van der Waals surface area contributed by atoms with Gasteiger partial charge >= 0.3 is 0 Å². The maximum Gasteiger partial charge on any atom is 0.251 e. The van der Waals surface area contributed by atoms with Crippen LogP contribution in [0, 0.1) is 0 Å². The average molecular weight is 364 g/mol. The van der Waals surface area contributed by atoms with Crippen LogP contribution in [-0.4, -0.2) is 25.7 Å². The predicted molar refractivity (Wildman–Crippen MR) is 97.0 cm³/mol. The fourth-order valence-corrected chi connectivity index (χ4v) is 3.42. The van der Waals surface area contributed by atoms with Gasteiger partial charge in [0.25, 0.3) is 5.91 Å². The van der Waals surface area contributed by atoms with Crippen molar-refractivity contribution in [1.29, 1.82) is 0 Å². The molecule has 0 aromatic heterocycles. The van der Waals surface area contributed by atoms with Crippen molar-refractivity contribution in [2.75, 3.05) is 19.8 Å². The van der Waals surface area contributed by atoms with E-state index in [9.17, 15) is 4.79 Å². The first-order chi connectivity index (χ1) is 11.6. The molecule has 2 aromatic rings. The molecule has 0 saturated carbocycles. The van der Waals surface area contributed by atoms with Crippen LogP contribution in [0.1, 0.15) is 28.8 Å². The number of halogens is 2. The smallest absolute Gasteiger partial charge is 0.251 e. The van der Waals surface area contributed by atoms with E-state index < -0.39 is 0 Å². The molecule has 5 heteroatoms. The number of rotatable bonds is 4. The van der Waals surface area contributed by atoms with Gasteiger partial charge in [-0.3, -0.25) is 4.79 Å². The molecule has 0 atom stereocenters. The largest absolute Gasteiger partial charge is 0.381 e. The highest BCUT2D eigenvalue weighted by Crippen LogP contribution is 2.35. The number of hydrogen-bond acceptors (Lipinski definition) is 2. The second-order valence-corrected chi connectivity index (χ2v) is 6.97. The highest BCUT2D eigenvalue weighted by molar-refractivity contribution is 6.30. The number of nitrogens with one attached hydrogen (secondary N) is 1. The van der Waals surface area contributed by atoms with Crippen molar-refractivity contribution in [3.8, 4) is 0 Å². The minimum absolute atomic E-state index is 0.0976. The van der Waals surface area contributed by atoms with Crippen LogP contribution in [0.2, 0.25) is 10.0 Å². The minimum Gasteiger partial charge on any atom is -0.381 e. The molecule has 126 valence electrons. The molecule has 1 fully saturated rings. The lowest BCUT2D eigenvalue weighted by Gasteiger charge is -2.38. The molecule has 0 radical (unpaired) electrons. The quantitative estimate of drug-likeness (QED) is 0.869. The normalized spacial score (nSPS) is 16.6. The van der Waals surface area contributed by atoms with Crippen LogP contribution < -0.4 is 5.32 Å². The van der Waals surface area contributed by atoms with Crippen molar-refractivity contribution in [1.82, 2.24) is 5.32 Å². The Hall–Kier alpha value is -1.55. The molecule has 3 nitrogen and oxygen atoms in total. The molecule has 0 spiro atoms. The van der Waals surface area contributed by atoms with Gasteiger partial charge in [0.15, 0.2) is 0 Å². The number of amides is 1. The summed E-state index contributed by atoms with van der Waals surface area (Å²) in [5, 5.41) is 4.39. The Kier molecular flexibility index (Phi) is 5.44. The molecule has 24 heavy (non-hydrogen) atoms. The maximum absolute atomic E-state index is 12.4. The summed E-state index contributed by atoms with van der Waals surface area (Å²) in [5.74, 6) is -0.0976. The molecule has 0 unspecified atom stereocenters. The predicted octanol–water partition coefficient (Wildman–Crippen LogP) is 4.47. The number of carbonyl (C=O) groups excluding carboxylic acids is 1. The molecular weight excluding hydrogens is 345 g/mol. The lowest BCUT2D eigenvalue weighted by Crippen LogP contribution is -2.44. The summed E-state index contributed by atoms with van der Waals surface area (Å²) < 4.78 is 5.52.